The molecule has 1 aromatic carbocycles. The SMILES string of the molecule is Cc1noc(C)c1CNc1cc(NCc2c(C)noc2C)nc(-c2ccccc2)n1. The van der Waals surface area contributed by atoms with Gasteiger partial charge in [0.1, 0.15) is 23.2 Å². The number of hydrogen-bond donors (Lipinski definition) is 2. The minimum Gasteiger partial charge on any atom is -0.366 e. The van der Waals surface area contributed by atoms with Crippen molar-refractivity contribution in [1.29, 1.82) is 0 Å². The van der Waals surface area contributed by atoms with Crippen LogP contribution in [0.1, 0.15) is 34.0 Å². The fourth-order valence-electron chi connectivity index (χ4n) is 3.21. The van der Waals surface area contributed by atoms with E-state index in [1.807, 2.05) is 64.1 Å². The van der Waals surface area contributed by atoms with E-state index in [1.165, 1.54) is 0 Å². The van der Waals surface area contributed by atoms with Crippen LogP contribution in [0.5, 0.6) is 0 Å². The Hall–Kier alpha value is -3.68. The molecule has 0 unspecified atom stereocenters. The van der Waals surface area contributed by atoms with Crippen molar-refractivity contribution in [3.8, 4) is 11.4 Å². The first kappa shape index (κ1) is 19.6. The lowest BCUT2D eigenvalue weighted by Gasteiger charge is -2.12. The van der Waals surface area contributed by atoms with E-state index >= 15 is 0 Å². The number of aryl methyl sites for hydroxylation is 4. The van der Waals surface area contributed by atoms with E-state index in [2.05, 4.69) is 20.9 Å². The molecule has 0 spiro atoms. The Labute approximate surface area is 174 Å². The summed E-state index contributed by atoms with van der Waals surface area (Å²) in [5, 5.41) is 14.8. The van der Waals surface area contributed by atoms with E-state index in [-0.39, 0.29) is 0 Å². The van der Waals surface area contributed by atoms with Gasteiger partial charge < -0.3 is 19.7 Å². The highest BCUT2D eigenvalue weighted by molar-refractivity contribution is 5.61. The van der Waals surface area contributed by atoms with Gasteiger partial charge in [0.15, 0.2) is 5.82 Å². The number of aromatic nitrogens is 4. The van der Waals surface area contributed by atoms with Gasteiger partial charge in [-0.05, 0) is 27.7 Å². The second-order valence-electron chi connectivity index (χ2n) is 7.14. The Morgan fingerprint density at radius 3 is 1.67 bits per heavy atom. The number of anilines is 2. The minimum atomic E-state index is 0.565. The third kappa shape index (κ3) is 4.17. The second-order valence-corrected chi connectivity index (χ2v) is 7.14. The zero-order valence-electron chi connectivity index (χ0n) is 17.5. The van der Waals surface area contributed by atoms with Gasteiger partial charge in [0.05, 0.1) is 11.4 Å². The van der Waals surface area contributed by atoms with Crippen molar-refractivity contribution in [1.82, 2.24) is 20.3 Å². The van der Waals surface area contributed by atoms with Crippen molar-refractivity contribution < 1.29 is 9.05 Å². The summed E-state index contributed by atoms with van der Waals surface area (Å²) in [4.78, 5) is 9.40. The van der Waals surface area contributed by atoms with Gasteiger partial charge in [-0.2, -0.15) is 0 Å². The summed E-state index contributed by atoms with van der Waals surface area (Å²) < 4.78 is 10.5. The summed E-state index contributed by atoms with van der Waals surface area (Å²) in [5.41, 5.74) is 4.74. The summed E-state index contributed by atoms with van der Waals surface area (Å²) in [5.74, 6) is 3.67. The fourth-order valence-corrected chi connectivity index (χ4v) is 3.21. The molecule has 0 aliphatic rings. The molecular weight excluding hydrogens is 380 g/mol. The molecule has 0 fully saturated rings. The van der Waals surface area contributed by atoms with Crippen molar-refractivity contribution in [3.63, 3.8) is 0 Å². The molecule has 3 aromatic heterocycles. The molecule has 0 bridgehead atoms. The molecule has 4 rings (SSSR count). The molecule has 0 aliphatic heterocycles. The lowest BCUT2D eigenvalue weighted by Crippen LogP contribution is -2.08. The number of nitrogens with one attached hydrogen (secondary N) is 2. The first-order valence-electron chi connectivity index (χ1n) is 9.77. The molecule has 8 heteroatoms. The van der Waals surface area contributed by atoms with Crippen molar-refractivity contribution >= 4 is 11.6 Å². The molecule has 3 heterocycles. The van der Waals surface area contributed by atoms with Gasteiger partial charge in [-0.15, -0.1) is 0 Å². The summed E-state index contributed by atoms with van der Waals surface area (Å²) >= 11 is 0. The van der Waals surface area contributed by atoms with E-state index in [9.17, 15) is 0 Å². The standard InChI is InChI=1S/C22H24N6O2/c1-13-18(15(3)29-27-13)11-23-20-10-21(24-12-19-14(2)28-30-16(19)4)26-22(25-20)17-8-6-5-7-9-17/h5-10H,11-12H2,1-4H3,(H2,23,24,25,26). The molecule has 30 heavy (non-hydrogen) atoms. The number of rotatable bonds is 7. The summed E-state index contributed by atoms with van der Waals surface area (Å²) in [6, 6.07) is 11.8. The number of hydrogen-bond acceptors (Lipinski definition) is 8. The average Bonchev–Trinajstić information content (AvgIpc) is 3.25. The van der Waals surface area contributed by atoms with Crippen molar-refractivity contribution in [2.24, 2.45) is 0 Å². The maximum Gasteiger partial charge on any atom is 0.163 e. The van der Waals surface area contributed by atoms with Crippen LogP contribution in [0.3, 0.4) is 0 Å². The lowest BCUT2D eigenvalue weighted by molar-refractivity contribution is 0.392. The van der Waals surface area contributed by atoms with Gasteiger partial charge in [-0.1, -0.05) is 40.6 Å². The van der Waals surface area contributed by atoms with E-state index in [4.69, 9.17) is 19.0 Å². The first-order chi connectivity index (χ1) is 14.5. The number of nitrogens with zero attached hydrogens (tertiary/aromatic N) is 4. The molecule has 8 nitrogen and oxygen atoms in total. The monoisotopic (exact) mass is 404 g/mol. The summed E-state index contributed by atoms with van der Waals surface area (Å²) in [7, 11) is 0. The van der Waals surface area contributed by atoms with E-state index in [1.54, 1.807) is 0 Å². The fraction of sp³-hybridized carbons (Fsp3) is 0.273. The Balaban J connectivity index is 1.61. The Morgan fingerprint density at radius 1 is 0.733 bits per heavy atom. The van der Waals surface area contributed by atoms with Crippen molar-refractivity contribution in [2.45, 2.75) is 40.8 Å². The van der Waals surface area contributed by atoms with Gasteiger partial charge in [-0.25, -0.2) is 9.97 Å². The minimum absolute atomic E-state index is 0.565. The third-order valence-corrected chi connectivity index (χ3v) is 5.01. The highest BCUT2D eigenvalue weighted by Gasteiger charge is 2.13. The van der Waals surface area contributed by atoms with Crippen molar-refractivity contribution in [3.05, 3.63) is 70.4 Å². The third-order valence-electron chi connectivity index (χ3n) is 5.01. The maximum absolute atomic E-state index is 5.25. The summed E-state index contributed by atoms with van der Waals surface area (Å²) in [6.45, 7) is 8.80. The number of benzene rings is 1. The lowest BCUT2D eigenvalue weighted by atomic mass is 10.2. The van der Waals surface area contributed by atoms with Crippen LogP contribution >= 0.6 is 0 Å². The van der Waals surface area contributed by atoms with Crippen LogP contribution in [0.15, 0.2) is 45.4 Å². The molecule has 0 radical (unpaired) electrons. The Bertz CT molecular complexity index is 1040. The molecule has 2 N–H and O–H groups in total. The molecule has 0 saturated carbocycles. The maximum atomic E-state index is 5.25. The van der Waals surface area contributed by atoms with Gasteiger partial charge in [0.2, 0.25) is 0 Å². The molecule has 154 valence electrons. The Morgan fingerprint density at radius 2 is 1.23 bits per heavy atom. The van der Waals surface area contributed by atoms with Gasteiger partial charge in [-0.3, -0.25) is 0 Å². The Kier molecular flexibility index (Phi) is 5.47. The molecule has 4 aromatic rings. The van der Waals surface area contributed by atoms with E-state index in [0.29, 0.717) is 30.5 Å². The molecule has 0 atom stereocenters. The molecular formula is C22H24N6O2. The molecule has 0 amide bonds. The van der Waals surface area contributed by atoms with Crippen LogP contribution in [0.2, 0.25) is 0 Å². The van der Waals surface area contributed by atoms with Crippen LogP contribution in [0.25, 0.3) is 11.4 Å². The topological polar surface area (TPSA) is 102 Å². The highest BCUT2D eigenvalue weighted by Crippen LogP contribution is 2.22. The predicted octanol–water partition coefficient (Wildman–Crippen LogP) is 4.58. The zero-order chi connectivity index (χ0) is 21.1. The predicted molar refractivity (Wildman–Crippen MR) is 114 cm³/mol. The van der Waals surface area contributed by atoms with Gasteiger partial charge in [0.25, 0.3) is 0 Å². The quantitative estimate of drug-likeness (QED) is 0.462. The smallest absolute Gasteiger partial charge is 0.163 e. The second kappa shape index (κ2) is 8.36. The largest absolute Gasteiger partial charge is 0.366 e. The van der Waals surface area contributed by atoms with E-state index < -0.39 is 0 Å². The van der Waals surface area contributed by atoms with Crippen LogP contribution in [0, 0.1) is 27.7 Å². The van der Waals surface area contributed by atoms with Crippen LogP contribution in [0.4, 0.5) is 11.6 Å². The average molecular weight is 404 g/mol. The van der Waals surface area contributed by atoms with E-state index in [0.717, 1.165) is 39.6 Å². The highest BCUT2D eigenvalue weighted by atomic mass is 16.5. The molecule has 0 aliphatic carbocycles. The zero-order valence-corrected chi connectivity index (χ0v) is 17.5. The van der Waals surface area contributed by atoms with Gasteiger partial charge in [0, 0.05) is 35.8 Å². The van der Waals surface area contributed by atoms with Crippen LogP contribution in [-0.4, -0.2) is 20.3 Å². The normalized spacial score (nSPS) is 10.9. The van der Waals surface area contributed by atoms with Crippen molar-refractivity contribution in [2.75, 3.05) is 10.6 Å². The molecule has 0 saturated heterocycles. The van der Waals surface area contributed by atoms with Crippen LogP contribution in [-0.2, 0) is 13.1 Å². The van der Waals surface area contributed by atoms with Crippen LogP contribution < -0.4 is 10.6 Å². The first-order valence-corrected chi connectivity index (χ1v) is 9.77. The van der Waals surface area contributed by atoms with Gasteiger partial charge >= 0.3 is 0 Å². The summed E-state index contributed by atoms with van der Waals surface area (Å²) in [6.07, 6.45) is 0.